The summed E-state index contributed by atoms with van der Waals surface area (Å²) < 4.78 is 5.05. The summed E-state index contributed by atoms with van der Waals surface area (Å²) in [6.45, 7) is 4.40. The Balaban J connectivity index is 1.86. The van der Waals surface area contributed by atoms with Gasteiger partial charge in [-0.3, -0.25) is 9.79 Å². The van der Waals surface area contributed by atoms with E-state index in [4.69, 9.17) is 16.0 Å². The van der Waals surface area contributed by atoms with Gasteiger partial charge in [0.05, 0.1) is 12.8 Å². The molecule has 0 aliphatic carbocycles. The average Bonchev–Trinajstić information content (AvgIpc) is 3.14. The van der Waals surface area contributed by atoms with Crippen LogP contribution in [0.25, 0.3) is 0 Å². The lowest BCUT2D eigenvalue weighted by atomic mass is 10.2. The van der Waals surface area contributed by atoms with Gasteiger partial charge in [-0.2, -0.15) is 0 Å². The first-order valence-corrected chi connectivity index (χ1v) is 8.53. The smallest absolute Gasteiger partial charge is 0.287 e. The van der Waals surface area contributed by atoms with Gasteiger partial charge in [0.15, 0.2) is 11.7 Å². The first-order valence-electron chi connectivity index (χ1n) is 8.15. The highest BCUT2D eigenvalue weighted by atomic mass is 35.5. The summed E-state index contributed by atoms with van der Waals surface area (Å²) in [5.74, 6) is 0.847. The van der Waals surface area contributed by atoms with Gasteiger partial charge in [-0.05, 0) is 36.8 Å². The van der Waals surface area contributed by atoms with Gasteiger partial charge in [0.2, 0.25) is 0 Å². The van der Waals surface area contributed by atoms with Crippen LogP contribution in [0, 0.1) is 0 Å². The minimum absolute atomic E-state index is 0.236. The van der Waals surface area contributed by atoms with Crippen molar-refractivity contribution in [3.05, 3.63) is 59.0 Å². The van der Waals surface area contributed by atoms with E-state index in [9.17, 15) is 4.79 Å². The van der Waals surface area contributed by atoms with Crippen LogP contribution in [0.3, 0.4) is 0 Å². The number of benzene rings is 1. The molecule has 2 rings (SSSR count). The van der Waals surface area contributed by atoms with Crippen molar-refractivity contribution in [1.82, 2.24) is 15.5 Å². The number of hydrogen-bond donors (Lipinski definition) is 2. The number of nitrogens with zero attached hydrogens (tertiary/aromatic N) is 2. The minimum atomic E-state index is -0.236. The predicted octanol–water partition coefficient (Wildman–Crippen LogP) is 2.76. The number of guanidine groups is 1. The second-order valence-corrected chi connectivity index (χ2v) is 5.89. The Morgan fingerprint density at radius 2 is 2.00 bits per heavy atom. The number of carbonyl (C=O) groups is 1. The monoisotopic (exact) mass is 362 g/mol. The second kappa shape index (κ2) is 9.74. The Bertz CT molecular complexity index is 684. The van der Waals surface area contributed by atoms with E-state index < -0.39 is 0 Å². The van der Waals surface area contributed by atoms with E-state index in [0.717, 1.165) is 23.1 Å². The first-order chi connectivity index (χ1) is 12.1. The van der Waals surface area contributed by atoms with Crippen LogP contribution >= 0.6 is 11.6 Å². The molecular formula is C18H23ClN4O2. The summed E-state index contributed by atoms with van der Waals surface area (Å²) in [5, 5.41) is 6.75. The number of aliphatic imine (C=N–C) groups is 1. The molecule has 2 N–H and O–H groups in total. The van der Waals surface area contributed by atoms with Crippen molar-refractivity contribution >= 4 is 23.5 Å². The van der Waals surface area contributed by atoms with E-state index in [1.54, 1.807) is 12.1 Å². The number of rotatable bonds is 7. The summed E-state index contributed by atoms with van der Waals surface area (Å²) in [7, 11) is 1.97. The number of carbonyl (C=O) groups excluding carboxylic acids is 1. The van der Waals surface area contributed by atoms with Gasteiger partial charge >= 0.3 is 0 Å². The van der Waals surface area contributed by atoms with Gasteiger partial charge in [0.25, 0.3) is 5.91 Å². The van der Waals surface area contributed by atoms with Crippen LogP contribution < -0.4 is 10.6 Å². The molecule has 1 heterocycles. The Kier molecular flexibility index (Phi) is 7.35. The highest BCUT2D eigenvalue weighted by molar-refractivity contribution is 6.30. The molecule has 134 valence electrons. The van der Waals surface area contributed by atoms with Crippen molar-refractivity contribution in [2.45, 2.75) is 13.5 Å². The Morgan fingerprint density at radius 3 is 2.64 bits per heavy atom. The Hall–Kier alpha value is -2.47. The van der Waals surface area contributed by atoms with Crippen LogP contribution in [0.15, 0.2) is 52.1 Å². The molecule has 1 amide bonds. The van der Waals surface area contributed by atoms with Crippen LogP contribution in [-0.2, 0) is 6.54 Å². The summed E-state index contributed by atoms with van der Waals surface area (Å²) in [6.07, 6.45) is 1.47. The summed E-state index contributed by atoms with van der Waals surface area (Å²) in [6, 6.07) is 11.0. The van der Waals surface area contributed by atoms with E-state index in [1.165, 1.54) is 6.26 Å². The zero-order valence-corrected chi connectivity index (χ0v) is 15.2. The van der Waals surface area contributed by atoms with Crippen molar-refractivity contribution in [3.63, 3.8) is 0 Å². The van der Waals surface area contributed by atoms with Crippen molar-refractivity contribution in [2.75, 3.05) is 26.7 Å². The molecular weight excluding hydrogens is 340 g/mol. The lowest BCUT2D eigenvalue weighted by molar-refractivity contribution is 0.0927. The molecule has 2 aromatic rings. The molecule has 0 atom stereocenters. The molecule has 0 unspecified atom stereocenters. The van der Waals surface area contributed by atoms with Gasteiger partial charge in [-0.1, -0.05) is 23.7 Å². The third-order valence-corrected chi connectivity index (χ3v) is 3.69. The molecule has 25 heavy (non-hydrogen) atoms. The van der Waals surface area contributed by atoms with Gasteiger partial charge in [-0.25, -0.2) is 0 Å². The molecule has 7 heteroatoms. The maximum absolute atomic E-state index is 11.8. The third kappa shape index (κ3) is 6.15. The second-order valence-electron chi connectivity index (χ2n) is 5.45. The van der Waals surface area contributed by atoms with E-state index in [0.29, 0.717) is 25.4 Å². The molecule has 0 fully saturated rings. The fourth-order valence-electron chi connectivity index (χ4n) is 2.23. The number of nitrogens with one attached hydrogen (secondary N) is 2. The van der Waals surface area contributed by atoms with Gasteiger partial charge in [0, 0.05) is 31.7 Å². The molecule has 0 spiro atoms. The zero-order valence-electron chi connectivity index (χ0n) is 14.5. The lowest BCUT2D eigenvalue weighted by Gasteiger charge is -2.22. The number of halogens is 1. The normalized spacial score (nSPS) is 11.2. The molecule has 0 saturated heterocycles. The zero-order chi connectivity index (χ0) is 18.1. The molecule has 1 aromatic carbocycles. The van der Waals surface area contributed by atoms with E-state index in [2.05, 4.69) is 15.6 Å². The summed E-state index contributed by atoms with van der Waals surface area (Å²) >= 11 is 5.92. The largest absolute Gasteiger partial charge is 0.459 e. The topological polar surface area (TPSA) is 69.9 Å². The van der Waals surface area contributed by atoms with Crippen molar-refractivity contribution < 1.29 is 9.21 Å². The SMILES string of the molecule is CCNC(=NCCNC(=O)c1ccco1)N(C)Cc1ccc(Cl)cc1. The number of hydrogen-bond acceptors (Lipinski definition) is 3. The van der Waals surface area contributed by atoms with Gasteiger partial charge in [0.1, 0.15) is 0 Å². The number of furan rings is 1. The highest BCUT2D eigenvalue weighted by Crippen LogP contribution is 2.11. The number of amides is 1. The quantitative estimate of drug-likeness (QED) is 0.451. The average molecular weight is 363 g/mol. The molecule has 0 bridgehead atoms. The highest BCUT2D eigenvalue weighted by Gasteiger charge is 2.08. The maximum Gasteiger partial charge on any atom is 0.287 e. The van der Waals surface area contributed by atoms with Crippen LogP contribution in [-0.4, -0.2) is 43.4 Å². The molecule has 0 saturated carbocycles. The Labute approximate surface area is 152 Å². The fraction of sp³-hybridized carbons (Fsp3) is 0.333. The molecule has 0 aliphatic rings. The fourth-order valence-corrected chi connectivity index (χ4v) is 2.36. The van der Waals surface area contributed by atoms with E-state index >= 15 is 0 Å². The van der Waals surface area contributed by atoms with E-state index in [-0.39, 0.29) is 5.91 Å². The van der Waals surface area contributed by atoms with Crippen molar-refractivity contribution in [1.29, 1.82) is 0 Å². The molecule has 0 radical (unpaired) electrons. The maximum atomic E-state index is 11.8. The summed E-state index contributed by atoms with van der Waals surface area (Å²) in [5.41, 5.74) is 1.14. The van der Waals surface area contributed by atoms with Crippen LogP contribution in [0.5, 0.6) is 0 Å². The molecule has 1 aromatic heterocycles. The first kappa shape index (κ1) is 18.9. The van der Waals surface area contributed by atoms with Crippen LogP contribution in [0.1, 0.15) is 23.0 Å². The van der Waals surface area contributed by atoms with Crippen molar-refractivity contribution in [2.24, 2.45) is 4.99 Å². The summed E-state index contributed by atoms with van der Waals surface area (Å²) in [4.78, 5) is 18.4. The van der Waals surface area contributed by atoms with Crippen molar-refractivity contribution in [3.8, 4) is 0 Å². The van der Waals surface area contributed by atoms with Crippen LogP contribution in [0.4, 0.5) is 0 Å². The Morgan fingerprint density at radius 1 is 1.24 bits per heavy atom. The van der Waals surface area contributed by atoms with E-state index in [1.807, 2.05) is 43.1 Å². The van der Waals surface area contributed by atoms with Gasteiger partial charge < -0.3 is 20.0 Å². The minimum Gasteiger partial charge on any atom is -0.459 e. The molecule has 6 nitrogen and oxygen atoms in total. The lowest BCUT2D eigenvalue weighted by Crippen LogP contribution is -2.39. The van der Waals surface area contributed by atoms with Crippen LogP contribution in [0.2, 0.25) is 5.02 Å². The standard InChI is InChI=1S/C18H23ClN4O2/c1-3-20-18(23(2)13-14-6-8-15(19)9-7-14)22-11-10-21-17(24)16-5-4-12-25-16/h4-9,12H,3,10-11,13H2,1-2H3,(H,20,22)(H,21,24). The molecule has 0 aliphatic heterocycles. The predicted molar refractivity (Wildman–Crippen MR) is 99.9 cm³/mol. The third-order valence-electron chi connectivity index (χ3n) is 3.43. The van der Waals surface area contributed by atoms with Gasteiger partial charge in [-0.15, -0.1) is 0 Å².